The minimum atomic E-state index is -5.33. The van der Waals surface area contributed by atoms with Crippen molar-refractivity contribution in [1.29, 1.82) is 0 Å². The molecule has 0 fully saturated rings. The Morgan fingerprint density at radius 2 is 1.91 bits per heavy atom. The molecular formula is C20H19F6N3O5S. The summed E-state index contributed by atoms with van der Waals surface area (Å²) < 4.78 is 113. The SMILES string of the molecule is C=C[C@@](O)([C@@H]1COc2c(cn(C)c2C(=O)Nc2ccc(C)c(C(F)(F)F)c2)S(=O)(=O)N1)C(F)(F)F. The number of fused-ring (bicyclic) bond motifs is 1. The Hall–Kier alpha value is -3.04. The van der Waals surface area contributed by atoms with Gasteiger partial charge in [0, 0.05) is 18.9 Å². The van der Waals surface area contributed by atoms with Gasteiger partial charge in [0.1, 0.15) is 11.5 Å². The summed E-state index contributed by atoms with van der Waals surface area (Å²) in [6.07, 6.45) is -9.04. The Labute approximate surface area is 195 Å². The Kier molecular flexibility index (Phi) is 6.50. The topological polar surface area (TPSA) is 110 Å². The van der Waals surface area contributed by atoms with Crippen molar-refractivity contribution >= 4 is 21.6 Å². The smallest absolute Gasteiger partial charge is 0.422 e. The predicted octanol–water partition coefficient (Wildman–Crippen LogP) is 3.12. The van der Waals surface area contributed by atoms with Gasteiger partial charge in [-0.15, -0.1) is 0 Å². The minimum absolute atomic E-state index is 0.103. The Morgan fingerprint density at radius 1 is 1.29 bits per heavy atom. The average molecular weight is 527 g/mol. The van der Waals surface area contributed by atoms with Crippen molar-refractivity contribution in [2.45, 2.75) is 35.8 Å². The lowest BCUT2D eigenvalue weighted by atomic mass is 9.95. The summed E-state index contributed by atoms with van der Waals surface area (Å²) in [6.45, 7) is 3.09. The highest BCUT2D eigenvalue weighted by molar-refractivity contribution is 7.89. The van der Waals surface area contributed by atoms with Crippen LogP contribution in [0.3, 0.4) is 0 Å². The van der Waals surface area contributed by atoms with E-state index in [1.54, 1.807) is 4.72 Å². The molecule has 15 heteroatoms. The number of nitrogens with one attached hydrogen (secondary N) is 2. The number of aliphatic hydroxyl groups is 1. The molecule has 8 nitrogen and oxygen atoms in total. The molecule has 2 atom stereocenters. The molecule has 2 heterocycles. The highest BCUT2D eigenvalue weighted by atomic mass is 32.2. The van der Waals surface area contributed by atoms with Crippen molar-refractivity contribution in [2.75, 3.05) is 11.9 Å². The van der Waals surface area contributed by atoms with Crippen molar-refractivity contribution in [2.24, 2.45) is 7.05 Å². The van der Waals surface area contributed by atoms with E-state index in [2.05, 4.69) is 11.9 Å². The fourth-order valence-electron chi connectivity index (χ4n) is 3.49. The first-order valence-electron chi connectivity index (χ1n) is 9.68. The van der Waals surface area contributed by atoms with Crippen molar-refractivity contribution < 1.29 is 49.4 Å². The zero-order valence-electron chi connectivity index (χ0n) is 18.1. The third-order valence-corrected chi connectivity index (χ3v) is 6.86. The van der Waals surface area contributed by atoms with Gasteiger partial charge in [0.25, 0.3) is 5.91 Å². The van der Waals surface area contributed by atoms with Crippen LogP contribution in [0.5, 0.6) is 5.75 Å². The van der Waals surface area contributed by atoms with Crippen molar-refractivity contribution in [3.05, 3.63) is 53.9 Å². The fraction of sp³-hybridized carbons (Fsp3) is 0.350. The molecule has 1 aromatic heterocycles. The maximum atomic E-state index is 13.4. The summed E-state index contributed by atoms with van der Waals surface area (Å²) in [5.74, 6) is -1.73. The number of halogens is 6. The summed E-state index contributed by atoms with van der Waals surface area (Å²) in [4.78, 5) is 12.2. The van der Waals surface area contributed by atoms with E-state index in [1.165, 1.54) is 20.0 Å². The van der Waals surface area contributed by atoms with Gasteiger partial charge >= 0.3 is 12.4 Å². The summed E-state index contributed by atoms with van der Waals surface area (Å²) in [6, 6.07) is 0.724. The van der Waals surface area contributed by atoms with Gasteiger partial charge in [-0.2, -0.15) is 26.3 Å². The number of sulfonamides is 1. The molecular weight excluding hydrogens is 508 g/mol. The quantitative estimate of drug-likeness (QED) is 0.418. The van der Waals surface area contributed by atoms with Crippen LogP contribution in [0.25, 0.3) is 0 Å². The number of aryl methyl sites for hydroxylation is 2. The summed E-state index contributed by atoms with van der Waals surface area (Å²) >= 11 is 0. The molecule has 1 aliphatic heterocycles. The number of carbonyl (C=O) groups excluding carboxylic acids is 1. The first-order chi connectivity index (χ1) is 15.9. The predicted molar refractivity (Wildman–Crippen MR) is 110 cm³/mol. The van der Waals surface area contributed by atoms with E-state index >= 15 is 0 Å². The molecule has 2 aromatic rings. The van der Waals surface area contributed by atoms with E-state index in [0.29, 0.717) is 6.07 Å². The highest BCUT2D eigenvalue weighted by Crippen LogP contribution is 2.39. The second-order valence-electron chi connectivity index (χ2n) is 7.78. The van der Waals surface area contributed by atoms with Crippen LogP contribution in [0.1, 0.15) is 21.6 Å². The normalized spacial score (nSPS) is 19.6. The number of alkyl halides is 6. The molecule has 1 aliphatic rings. The molecule has 0 saturated heterocycles. The van der Waals surface area contributed by atoms with E-state index in [4.69, 9.17) is 4.74 Å². The van der Waals surface area contributed by atoms with Crippen LogP contribution in [0.4, 0.5) is 32.0 Å². The number of amides is 1. The Morgan fingerprint density at radius 3 is 2.46 bits per heavy atom. The minimum Gasteiger partial charge on any atom is -0.488 e. The zero-order valence-corrected chi connectivity index (χ0v) is 18.9. The number of nitrogens with zero attached hydrogens (tertiary/aromatic N) is 1. The van der Waals surface area contributed by atoms with Crippen molar-refractivity contribution in [3.8, 4) is 5.75 Å². The lowest BCUT2D eigenvalue weighted by Crippen LogP contribution is -2.61. The Balaban J connectivity index is 2.00. The van der Waals surface area contributed by atoms with Gasteiger partial charge < -0.3 is 19.7 Å². The van der Waals surface area contributed by atoms with E-state index < -0.39 is 68.4 Å². The molecule has 0 spiro atoms. The number of ether oxygens (including phenoxy) is 1. The maximum Gasteiger partial charge on any atom is 0.422 e. The van der Waals surface area contributed by atoms with Crippen LogP contribution >= 0.6 is 0 Å². The molecule has 3 rings (SSSR count). The van der Waals surface area contributed by atoms with Gasteiger partial charge in [-0.1, -0.05) is 12.6 Å². The number of anilines is 1. The first-order valence-corrected chi connectivity index (χ1v) is 11.2. The number of hydrogen-bond acceptors (Lipinski definition) is 5. The maximum absolute atomic E-state index is 13.4. The van der Waals surface area contributed by atoms with Gasteiger partial charge in [0.15, 0.2) is 17.0 Å². The number of hydrogen-bond donors (Lipinski definition) is 3. The molecule has 35 heavy (non-hydrogen) atoms. The molecule has 1 aromatic carbocycles. The van der Waals surface area contributed by atoms with Gasteiger partial charge in [-0.3, -0.25) is 4.79 Å². The van der Waals surface area contributed by atoms with Gasteiger partial charge in [0.2, 0.25) is 10.0 Å². The van der Waals surface area contributed by atoms with E-state index in [1.807, 2.05) is 0 Å². The van der Waals surface area contributed by atoms with Gasteiger partial charge in [-0.05, 0) is 30.7 Å². The fourth-order valence-corrected chi connectivity index (χ4v) is 4.94. The van der Waals surface area contributed by atoms with Crippen LogP contribution < -0.4 is 14.8 Å². The zero-order chi connectivity index (χ0) is 26.6. The number of rotatable bonds is 4. The molecule has 0 radical (unpaired) electrons. The molecule has 1 amide bonds. The Bertz CT molecular complexity index is 1290. The van der Waals surface area contributed by atoms with E-state index in [9.17, 15) is 44.7 Å². The van der Waals surface area contributed by atoms with Crippen LogP contribution in [0, 0.1) is 6.92 Å². The summed E-state index contributed by atoms with van der Waals surface area (Å²) in [7, 11) is -3.53. The lowest BCUT2D eigenvalue weighted by molar-refractivity contribution is -0.249. The third-order valence-electron chi connectivity index (χ3n) is 5.40. The number of benzene rings is 1. The molecule has 192 valence electrons. The molecule has 0 aliphatic carbocycles. The van der Waals surface area contributed by atoms with Gasteiger partial charge in [-0.25, -0.2) is 13.1 Å². The summed E-state index contributed by atoms with van der Waals surface area (Å²) in [5.41, 5.74) is -5.58. The average Bonchev–Trinajstić information content (AvgIpc) is 3.00. The molecule has 0 unspecified atom stereocenters. The van der Waals surface area contributed by atoms with Crippen LogP contribution in [0.15, 0.2) is 41.9 Å². The van der Waals surface area contributed by atoms with Crippen LogP contribution in [-0.4, -0.2) is 48.4 Å². The molecule has 3 N–H and O–H groups in total. The highest BCUT2D eigenvalue weighted by Gasteiger charge is 2.58. The van der Waals surface area contributed by atoms with Crippen molar-refractivity contribution in [3.63, 3.8) is 0 Å². The standard InChI is InChI=1S/C20H19F6N3O5S/c1-4-18(31,20(24,25)26)14-9-34-16-13(35(32,33)28-14)8-29(3)15(16)17(30)27-11-6-5-10(2)12(7-11)19(21,22)23/h4-8,14,28,31H,1,9H2,2-3H3,(H,27,30)/t14-,18+/m0/s1. The largest absolute Gasteiger partial charge is 0.488 e. The molecule has 0 saturated carbocycles. The third kappa shape index (κ3) is 4.75. The monoisotopic (exact) mass is 527 g/mol. The summed E-state index contributed by atoms with van der Waals surface area (Å²) in [5, 5.41) is 12.3. The molecule has 0 bridgehead atoms. The van der Waals surface area contributed by atoms with Crippen LogP contribution in [-0.2, 0) is 23.2 Å². The lowest BCUT2D eigenvalue weighted by Gasteiger charge is -2.33. The number of aromatic nitrogens is 1. The van der Waals surface area contributed by atoms with Gasteiger partial charge in [0.05, 0.1) is 11.6 Å². The first kappa shape index (κ1) is 26.6. The second kappa shape index (κ2) is 8.57. The van der Waals surface area contributed by atoms with E-state index in [0.717, 1.165) is 16.8 Å². The van der Waals surface area contributed by atoms with Crippen molar-refractivity contribution in [1.82, 2.24) is 9.29 Å². The second-order valence-corrected chi connectivity index (χ2v) is 9.46. The van der Waals surface area contributed by atoms with E-state index in [-0.39, 0.29) is 17.3 Å². The van der Waals surface area contributed by atoms with Crippen LogP contribution in [0.2, 0.25) is 0 Å². The number of carbonyl (C=O) groups is 1.